The monoisotopic (exact) mass is 295 g/mol. The average molecular weight is 295 g/mol. The van der Waals surface area contributed by atoms with Crippen molar-refractivity contribution in [2.24, 2.45) is 0 Å². The van der Waals surface area contributed by atoms with Crippen LogP contribution in [0.3, 0.4) is 0 Å². The van der Waals surface area contributed by atoms with Gasteiger partial charge in [0.1, 0.15) is 0 Å². The highest BCUT2D eigenvalue weighted by molar-refractivity contribution is 5.94. The van der Waals surface area contributed by atoms with Crippen molar-refractivity contribution >= 4 is 5.91 Å². The lowest BCUT2D eigenvalue weighted by Crippen LogP contribution is -2.28. The van der Waals surface area contributed by atoms with Gasteiger partial charge in [0.05, 0.1) is 6.04 Å². The molecule has 0 bridgehead atoms. The van der Waals surface area contributed by atoms with E-state index in [-0.39, 0.29) is 17.4 Å². The first-order valence-corrected chi connectivity index (χ1v) is 7.88. The smallest absolute Gasteiger partial charge is 0.251 e. The number of benzene rings is 2. The summed E-state index contributed by atoms with van der Waals surface area (Å²) in [5.74, 6) is -0.0174. The summed E-state index contributed by atoms with van der Waals surface area (Å²) in [7, 11) is 0. The number of amides is 1. The summed E-state index contributed by atoms with van der Waals surface area (Å²) in [5, 5.41) is 3.12. The lowest BCUT2D eigenvalue weighted by molar-refractivity contribution is 0.0935. The lowest BCUT2D eigenvalue weighted by atomic mass is 9.86. The normalized spacial score (nSPS) is 12.7. The van der Waals surface area contributed by atoms with Crippen LogP contribution in [0.15, 0.2) is 54.6 Å². The quantitative estimate of drug-likeness (QED) is 0.857. The molecule has 0 aliphatic heterocycles. The predicted molar refractivity (Wildman–Crippen MR) is 92.1 cm³/mol. The Hall–Kier alpha value is -2.09. The van der Waals surface area contributed by atoms with Gasteiger partial charge in [0.2, 0.25) is 0 Å². The molecule has 0 aromatic heterocycles. The molecule has 2 aromatic carbocycles. The van der Waals surface area contributed by atoms with E-state index in [4.69, 9.17) is 0 Å². The second-order valence-electron chi connectivity index (χ2n) is 6.67. The van der Waals surface area contributed by atoms with Crippen molar-refractivity contribution in [1.82, 2.24) is 5.32 Å². The zero-order valence-electron chi connectivity index (χ0n) is 13.9. The molecule has 22 heavy (non-hydrogen) atoms. The van der Waals surface area contributed by atoms with E-state index in [1.165, 1.54) is 5.56 Å². The summed E-state index contributed by atoms with van der Waals surface area (Å²) in [4.78, 5) is 12.4. The highest BCUT2D eigenvalue weighted by Crippen LogP contribution is 2.22. The summed E-state index contributed by atoms with van der Waals surface area (Å²) in [6.45, 7) is 8.60. The van der Waals surface area contributed by atoms with Gasteiger partial charge in [-0.05, 0) is 35.1 Å². The van der Waals surface area contributed by atoms with Crippen molar-refractivity contribution in [1.29, 1.82) is 0 Å². The predicted octanol–water partition coefficient (Wildman–Crippen LogP) is 4.87. The van der Waals surface area contributed by atoms with E-state index in [2.05, 4.69) is 45.1 Å². The molecule has 2 nitrogen and oxygen atoms in total. The molecule has 0 saturated carbocycles. The van der Waals surface area contributed by atoms with E-state index in [1.54, 1.807) is 0 Å². The summed E-state index contributed by atoms with van der Waals surface area (Å²) in [5.41, 5.74) is 3.19. The van der Waals surface area contributed by atoms with E-state index in [0.29, 0.717) is 5.56 Å². The van der Waals surface area contributed by atoms with Crippen molar-refractivity contribution in [3.8, 4) is 0 Å². The molecule has 0 aliphatic rings. The first-order valence-electron chi connectivity index (χ1n) is 7.88. The SMILES string of the molecule is CC[C@H](NC(=O)c1ccc(C(C)(C)C)cc1)c1ccccc1. The third-order valence-electron chi connectivity index (χ3n) is 3.93. The van der Waals surface area contributed by atoms with E-state index < -0.39 is 0 Å². The van der Waals surface area contributed by atoms with Gasteiger partial charge in [-0.1, -0.05) is 70.2 Å². The Labute approximate surface area is 133 Å². The Bertz CT molecular complexity index is 608. The van der Waals surface area contributed by atoms with Crippen molar-refractivity contribution in [3.63, 3.8) is 0 Å². The fraction of sp³-hybridized carbons (Fsp3) is 0.350. The van der Waals surface area contributed by atoms with E-state index >= 15 is 0 Å². The van der Waals surface area contributed by atoms with Gasteiger partial charge in [0.25, 0.3) is 5.91 Å². The molecule has 0 aliphatic carbocycles. The van der Waals surface area contributed by atoms with Crippen LogP contribution in [-0.2, 0) is 5.41 Å². The third kappa shape index (κ3) is 3.97. The molecule has 0 heterocycles. The molecular weight excluding hydrogens is 270 g/mol. The first-order chi connectivity index (χ1) is 10.4. The van der Waals surface area contributed by atoms with Gasteiger partial charge in [-0.3, -0.25) is 4.79 Å². The summed E-state index contributed by atoms with van der Waals surface area (Å²) in [6.07, 6.45) is 0.871. The number of nitrogens with one attached hydrogen (secondary N) is 1. The molecule has 1 atom stereocenters. The van der Waals surface area contributed by atoms with Crippen LogP contribution in [0, 0.1) is 0 Å². The van der Waals surface area contributed by atoms with Crippen LogP contribution in [0.4, 0.5) is 0 Å². The summed E-state index contributed by atoms with van der Waals surface area (Å²) in [6, 6.07) is 18.1. The maximum Gasteiger partial charge on any atom is 0.251 e. The van der Waals surface area contributed by atoms with Gasteiger partial charge in [0.15, 0.2) is 0 Å². The number of carbonyl (C=O) groups excluding carboxylic acids is 1. The van der Waals surface area contributed by atoms with Crippen molar-refractivity contribution in [3.05, 3.63) is 71.3 Å². The zero-order valence-corrected chi connectivity index (χ0v) is 13.9. The molecule has 0 fully saturated rings. The number of hydrogen-bond acceptors (Lipinski definition) is 1. The van der Waals surface area contributed by atoms with E-state index in [9.17, 15) is 4.79 Å². The van der Waals surface area contributed by atoms with Crippen LogP contribution in [0.5, 0.6) is 0 Å². The highest BCUT2D eigenvalue weighted by atomic mass is 16.1. The Kier molecular flexibility index (Phi) is 5.02. The standard InChI is InChI=1S/C20H25NO/c1-5-18(15-9-7-6-8-10-15)21-19(22)16-11-13-17(14-12-16)20(2,3)4/h6-14,18H,5H2,1-4H3,(H,21,22)/t18-/m0/s1. The van der Waals surface area contributed by atoms with Crippen molar-refractivity contribution in [2.75, 3.05) is 0 Å². The fourth-order valence-electron chi connectivity index (χ4n) is 2.47. The lowest BCUT2D eigenvalue weighted by Gasteiger charge is -2.20. The minimum absolute atomic E-state index is 0.0174. The molecule has 2 rings (SSSR count). The molecular formula is C20H25NO. The fourth-order valence-corrected chi connectivity index (χ4v) is 2.47. The summed E-state index contributed by atoms with van der Waals surface area (Å²) < 4.78 is 0. The molecule has 0 unspecified atom stereocenters. The molecule has 0 spiro atoms. The average Bonchev–Trinajstić information content (AvgIpc) is 2.52. The number of hydrogen-bond donors (Lipinski definition) is 1. The van der Waals surface area contributed by atoms with Crippen molar-refractivity contribution in [2.45, 2.75) is 45.6 Å². The van der Waals surface area contributed by atoms with Crippen LogP contribution in [0.1, 0.15) is 61.6 Å². The maximum atomic E-state index is 12.4. The molecule has 0 saturated heterocycles. The number of carbonyl (C=O) groups is 1. The highest BCUT2D eigenvalue weighted by Gasteiger charge is 2.16. The minimum Gasteiger partial charge on any atom is -0.345 e. The van der Waals surface area contributed by atoms with Gasteiger partial charge in [0, 0.05) is 5.56 Å². The molecule has 0 radical (unpaired) electrons. The van der Waals surface area contributed by atoms with Crippen LogP contribution in [0.25, 0.3) is 0 Å². The van der Waals surface area contributed by atoms with Crippen LogP contribution in [-0.4, -0.2) is 5.91 Å². The van der Waals surface area contributed by atoms with Crippen molar-refractivity contribution < 1.29 is 4.79 Å². The molecule has 1 amide bonds. The van der Waals surface area contributed by atoms with Gasteiger partial charge in [-0.2, -0.15) is 0 Å². The maximum absolute atomic E-state index is 12.4. The van der Waals surface area contributed by atoms with Gasteiger partial charge in [-0.25, -0.2) is 0 Å². The Morgan fingerprint density at radius 1 is 1.00 bits per heavy atom. The largest absolute Gasteiger partial charge is 0.345 e. The van der Waals surface area contributed by atoms with Crippen LogP contribution in [0.2, 0.25) is 0 Å². The minimum atomic E-state index is -0.0174. The Balaban J connectivity index is 2.11. The van der Waals surface area contributed by atoms with Gasteiger partial charge < -0.3 is 5.32 Å². The van der Waals surface area contributed by atoms with Gasteiger partial charge in [-0.15, -0.1) is 0 Å². The molecule has 116 valence electrons. The summed E-state index contributed by atoms with van der Waals surface area (Å²) >= 11 is 0. The molecule has 2 heteroatoms. The zero-order chi connectivity index (χ0) is 16.2. The van der Waals surface area contributed by atoms with Crippen LogP contribution < -0.4 is 5.32 Å². The van der Waals surface area contributed by atoms with E-state index in [1.807, 2.05) is 42.5 Å². The van der Waals surface area contributed by atoms with Crippen LogP contribution >= 0.6 is 0 Å². The number of rotatable bonds is 4. The Morgan fingerprint density at radius 2 is 1.59 bits per heavy atom. The second kappa shape index (κ2) is 6.78. The van der Waals surface area contributed by atoms with Gasteiger partial charge >= 0.3 is 0 Å². The first kappa shape index (κ1) is 16.3. The van der Waals surface area contributed by atoms with E-state index in [0.717, 1.165) is 12.0 Å². The topological polar surface area (TPSA) is 29.1 Å². The molecule has 1 N–H and O–H groups in total. The second-order valence-corrected chi connectivity index (χ2v) is 6.67. The Morgan fingerprint density at radius 3 is 2.09 bits per heavy atom. The molecule has 2 aromatic rings. The third-order valence-corrected chi connectivity index (χ3v) is 3.93.